The minimum absolute atomic E-state index is 0.153. The van der Waals surface area contributed by atoms with Gasteiger partial charge in [0.2, 0.25) is 5.91 Å². The fourth-order valence-electron chi connectivity index (χ4n) is 2.56. The molecule has 1 rings (SSSR count). The summed E-state index contributed by atoms with van der Waals surface area (Å²) in [6.45, 7) is 6.53. The van der Waals surface area contributed by atoms with Crippen LogP contribution in [0.25, 0.3) is 0 Å². The van der Waals surface area contributed by atoms with E-state index in [2.05, 4.69) is 19.2 Å². The lowest BCUT2D eigenvalue weighted by atomic mass is 9.94. The van der Waals surface area contributed by atoms with Crippen molar-refractivity contribution in [1.82, 2.24) is 5.32 Å². The Balaban J connectivity index is 2.23. The number of hydrogen-bond donors (Lipinski definition) is 2. The highest BCUT2D eigenvalue weighted by Crippen LogP contribution is 2.48. The number of carbonyl (C=O) groups is 1. The average molecular weight is 270 g/mol. The third-order valence-electron chi connectivity index (χ3n) is 4.07. The van der Waals surface area contributed by atoms with Gasteiger partial charge >= 0.3 is 0 Å². The molecule has 112 valence electrons. The average Bonchev–Trinajstić information content (AvgIpc) is 3.13. The second-order valence-electron chi connectivity index (χ2n) is 6.45. The van der Waals surface area contributed by atoms with Gasteiger partial charge in [-0.25, -0.2) is 0 Å². The monoisotopic (exact) mass is 270 g/mol. The molecular formula is C15H30N2O2. The third-order valence-corrected chi connectivity index (χ3v) is 4.07. The second kappa shape index (κ2) is 7.85. The number of carbonyl (C=O) groups excluding carboxylic acids is 1. The van der Waals surface area contributed by atoms with E-state index in [1.165, 1.54) is 12.8 Å². The number of nitrogens with two attached hydrogens (primary N) is 1. The largest absolute Gasteiger partial charge is 0.385 e. The van der Waals surface area contributed by atoms with Gasteiger partial charge < -0.3 is 15.8 Å². The molecule has 0 spiro atoms. The van der Waals surface area contributed by atoms with E-state index in [9.17, 15) is 4.79 Å². The van der Waals surface area contributed by atoms with Crippen molar-refractivity contribution in [2.24, 2.45) is 23.0 Å². The van der Waals surface area contributed by atoms with Gasteiger partial charge in [0.25, 0.3) is 0 Å². The van der Waals surface area contributed by atoms with Gasteiger partial charge in [0.05, 0.1) is 0 Å². The second-order valence-corrected chi connectivity index (χ2v) is 6.45. The molecule has 4 heteroatoms. The van der Waals surface area contributed by atoms with E-state index in [1.807, 2.05) is 0 Å². The molecule has 0 aromatic heterocycles. The number of rotatable bonds is 10. The molecule has 1 amide bonds. The summed E-state index contributed by atoms with van der Waals surface area (Å²) in [5.41, 5.74) is 6.05. The minimum atomic E-state index is 0.153. The van der Waals surface area contributed by atoms with Crippen molar-refractivity contribution < 1.29 is 9.53 Å². The lowest BCUT2D eigenvalue weighted by Gasteiger charge is -2.19. The highest BCUT2D eigenvalue weighted by atomic mass is 16.5. The Morgan fingerprint density at radius 2 is 2.11 bits per heavy atom. The molecule has 0 saturated heterocycles. The Morgan fingerprint density at radius 1 is 1.42 bits per heavy atom. The summed E-state index contributed by atoms with van der Waals surface area (Å²) in [5.74, 6) is 1.06. The summed E-state index contributed by atoms with van der Waals surface area (Å²) < 4.78 is 5.12. The van der Waals surface area contributed by atoms with Crippen molar-refractivity contribution >= 4 is 5.91 Å². The van der Waals surface area contributed by atoms with E-state index in [-0.39, 0.29) is 5.91 Å². The highest BCUT2D eigenvalue weighted by Gasteiger charge is 2.42. The summed E-state index contributed by atoms with van der Waals surface area (Å²) in [6.07, 6.45) is 5.07. The van der Waals surface area contributed by atoms with Gasteiger partial charge in [-0.2, -0.15) is 0 Å². The van der Waals surface area contributed by atoms with Crippen LogP contribution in [0.5, 0.6) is 0 Å². The van der Waals surface area contributed by atoms with Crippen LogP contribution in [-0.2, 0) is 9.53 Å². The molecule has 1 aliphatic carbocycles. The van der Waals surface area contributed by atoms with Crippen molar-refractivity contribution in [3.8, 4) is 0 Å². The van der Waals surface area contributed by atoms with E-state index in [1.54, 1.807) is 7.11 Å². The standard InChI is InChI=1S/C15H30N2O2/c1-12(2)8-13(10-16)9-14(18)17-11-15(4-5-15)6-7-19-3/h12-13H,4-11,16H2,1-3H3,(H,17,18). The molecule has 1 saturated carbocycles. The van der Waals surface area contributed by atoms with Gasteiger partial charge in [0, 0.05) is 26.7 Å². The normalized spacial score (nSPS) is 18.4. The third kappa shape index (κ3) is 6.39. The Morgan fingerprint density at radius 3 is 2.58 bits per heavy atom. The summed E-state index contributed by atoms with van der Waals surface area (Å²) in [7, 11) is 1.73. The van der Waals surface area contributed by atoms with Crippen LogP contribution >= 0.6 is 0 Å². The van der Waals surface area contributed by atoms with Crippen LogP contribution in [0.4, 0.5) is 0 Å². The Labute approximate surface area is 117 Å². The first kappa shape index (κ1) is 16.4. The van der Waals surface area contributed by atoms with E-state index >= 15 is 0 Å². The molecule has 0 bridgehead atoms. The summed E-state index contributed by atoms with van der Waals surface area (Å²) >= 11 is 0. The Kier molecular flexibility index (Phi) is 6.80. The summed E-state index contributed by atoms with van der Waals surface area (Å²) in [4.78, 5) is 11.9. The Bertz CT molecular complexity index is 275. The van der Waals surface area contributed by atoms with E-state index in [4.69, 9.17) is 10.5 Å². The van der Waals surface area contributed by atoms with E-state index in [0.717, 1.165) is 26.0 Å². The molecule has 0 aromatic carbocycles. The van der Waals surface area contributed by atoms with Gasteiger partial charge in [-0.1, -0.05) is 13.8 Å². The Hall–Kier alpha value is -0.610. The summed E-state index contributed by atoms with van der Waals surface area (Å²) in [5, 5.41) is 3.08. The molecule has 19 heavy (non-hydrogen) atoms. The highest BCUT2D eigenvalue weighted by molar-refractivity contribution is 5.76. The van der Waals surface area contributed by atoms with Gasteiger partial charge in [-0.3, -0.25) is 4.79 Å². The first-order valence-electron chi connectivity index (χ1n) is 7.47. The molecule has 0 radical (unpaired) electrons. The zero-order chi connectivity index (χ0) is 14.3. The number of amides is 1. The van der Waals surface area contributed by atoms with Crippen LogP contribution in [0.1, 0.15) is 46.0 Å². The maximum Gasteiger partial charge on any atom is 0.220 e. The van der Waals surface area contributed by atoms with Crippen LogP contribution in [0, 0.1) is 17.3 Å². The molecule has 1 unspecified atom stereocenters. The van der Waals surface area contributed by atoms with Gasteiger partial charge in [0.15, 0.2) is 0 Å². The maximum absolute atomic E-state index is 11.9. The molecule has 1 atom stereocenters. The number of nitrogens with one attached hydrogen (secondary N) is 1. The quantitative estimate of drug-likeness (QED) is 0.637. The molecule has 1 aliphatic rings. The van der Waals surface area contributed by atoms with Gasteiger partial charge in [-0.05, 0) is 49.5 Å². The first-order valence-corrected chi connectivity index (χ1v) is 7.47. The molecule has 0 aliphatic heterocycles. The van der Waals surface area contributed by atoms with Crippen LogP contribution in [0.3, 0.4) is 0 Å². The first-order chi connectivity index (χ1) is 9.01. The molecule has 0 heterocycles. The fourth-order valence-corrected chi connectivity index (χ4v) is 2.56. The molecular weight excluding hydrogens is 240 g/mol. The van der Waals surface area contributed by atoms with Gasteiger partial charge in [-0.15, -0.1) is 0 Å². The fraction of sp³-hybridized carbons (Fsp3) is 0.933. The van der Waals surface area contributed by atoms with Crippen LogP contribution in [-0.4, -0.2) is 32.7 Å². The van der Waals surface area contributed by atoms with Crippen molar-refractivity contribution in [2.75, 3.05) is 26.8 Å². The topological polar surface area (TPSA) is 64.3 Å². The zero-order valence-corrected chi connectivity index (χ0v) is 12.7. The van der Waals surface area contributed by atoms with Crippen LogP contribution in [0.15, 0.2) is 0 Å². The van der Waals surface area contributed by atoms with Crippen LogP contribution < -0.4 is 11.1 Å². The van der Waals surface area contributed by atoms with Crippen molar-refractivity contribution in [1.29, 1.82) is 0 Å². The molecule has 4 nitrogen and oxygen atoms in total. The van der Waals surface area contributed by atoms with Crippen LogP contribution in [0.2, 0.25) is 0 Å². The van der Waals surface area contributed by atoms with Gasteiger partial charge in [0.1, 0.15) is 0 Å². The number of hydrogen-bond acceptors (Lipinski definition) is 3. The maximum atomic E-state index is 11.9. The molecule has 3 N–H and O–H groups in total. The minimum Gasteiger partial charge on any atom is -0.385 e. The molecule has 1 fully saturated rings. The number of methoxy groups -OCH3 is 1. The predicted octanol–water partition coefficient (Wildman–Crippen LogP) is 1.93. The smallest absolute Gasteiger partial charge is 0.220 e. The zero-order valence-electron chi connectivity index (χ0n) is 12.7. The molecule has 0 aromatic rings. The van der Waals surface area contributed by atoms with E-state index < -0.39 is 0 Å². The number of ether oxygens (including phenoxy) is 1. The van der Waals surface area contributed by atoms with Crippen molar-refractivity contribution in [3.63, 3.8) is 0 Å². The lowest BCUT2D eigenvalue weighted by molar-refractivity contribution is -0.122. The summed E-state index contributed by atoms with van der Waals surface area (Å²) in [6, 6.07) is 0. The van der Waals surface area contributed by atoms with Crippen molar-refractivity contribution in [2.45, 2.75) is 46.0 Å². The van der Waals surface area contributed by atoms with Crippen molar-refractivity contribution in [3.05, 3.63) is 0 Å². The van der Waals surface area contributed by atoms with E-state index in [0.29, 0.717) is 30.2 Å². The SMILES string of the molecule is COCCC1(CNC(=O)CC(CN)CC(C)C)CC1. The predicted molar refractivity (Wildman–Crippen MR) is 77.8 cm³/mol. The lowest BCUT2D eigenvalue weighted by Crippen LogP contribution is -2.33.